The summed E-state index contributed by atoms with van der Waals surface area (Å²) in [6.45, 7) is 0. The van der Waals surface area contributed by atoms with Crippen LogP contribution in [0.5, 0.6) is 0 Å². The van der Waals surface area contributed by atoms with Gasteiger partial charge < -0.3 is 0 Å². The van der Waals surface area contributed by atoms with E-state index in [1.165, 1.54) is 12.8 Å². The Morgan fingerprint density at radius 3 is 2.90 bits per heavy atom. The largest absolute Gasteiger partial charge is 0.284 e. The van der Waals surface area contributed by atoms with Gasteiger partial charge in [-0.05, 0) is 37.1 Å². The van der Waals surface area contributed by atoms with Crippen molar-refractivity contribution < 1.29 is 0 Å². The molecule has 0 saturated heterocycles. The molecule has 1 aromatic carbocycles. The predicted octanol–water partition coefficient (Wildman–Crippen LogP) is 4.69. The van der Waals surface area contributed by atoms with E-state index in [-0.39, 0.29) is 0 Å². The number of hydrogen-bond acceptors (Lipinski definition) is 2. The van der Waals surface area contributed by atoms with Gasteiger partial charge in [-0.2, -0.15) is 0 Å². The third-order valence-electron chi connectivity index (χ3n) is 3.59. The molecule has 1 aliphatic rings. The van der Waals surface area contributed by atoms with Crippen LogP contribution in [-0.2, 0) is 0 Å². The fourth-order valence-corrected chi connectivity index (χ4v) is 2.99. The second kappa shape index (κ2) is 4.57. The molecule has 3 aromatic rings. The van der Waals surface area contributed by atoms with E-state index < -0.39 is 0 Å². The van der Waals surface area contributed by atoms with E-state index in [9.17, 15) is 0 Å². The van der Waals surface area contributed by atoms with Crippen molar-refractivity contribution in [1.29, 1.82) is 0 Å². The van der Waals surface area contributed by atoms with Crippen LogP contribution in [0, 0.1) is 0 Å². The standard InChI is InChI=1S/C15H11BrClN3/c16-10-3-4-12(17)11(7-10)14-8-13(9-1-2-9)19-15-18-5-6-20(14)15/h3-9H,1-2H2. The molecule has 4 rings (SSSR count). The molecular weight excluding hydrogens is 338 g/mol. The Labute approximate surface area is 129 Å². The van der Waals surface area contributed by atoms with E-state index in [2.05, 4.69) is 32.0 Å². The summed E-state index contributed by atoms with van der Waals surface area (Å²) in [5, 5.41) is 0.733. The number of halogens is 2. The Balaban J connectivity index is 2.01. The number of benzene rings is 1. The topological polar surface area (TPSA) is 30.2 Å². The number of nitrogens with zero attached hydrogens (tertiary/aromatic N) is 3. The molecule has 5 heteroatoms. The van der Waals surface area contributed by atoms with Crippen LogP contribution in [0.2, 0.25) is 5.02 Å². The first-order chi connectivity index (χ1) is 9.72. The molecule has 0 atom stereocenters. The molecule has 2 heterocycles. The van der Waals surface area contributed by atoms with Crippen molar-refractivity contribution in [3.8, 4) is 11.3 Å². The van der Waals surface area contributed by atoms with Crippen molar-refractivity contribution in [2.24, 2.45) is 0 Å². The zero-order valence-electron chi connectivity index (χ0n) is 10.6. The molecule has 100 valence electrons. The molecule has 3 nitrogen and oxygen atoms in total. The van der Waals surface area contributed by atoms with E-state index in [1.54, 1.807) is 6.20 Å². The molecule has 1 saturated carbocycles. The van der Waals surface area contributed by atoms with Gasteiger partial charge in [0, 0.05) is 39.1 Å². The lowest BCUT2D eigenvalue weighted by Crippen LogP contribution is -1.98. The predicted molar refractivity (Wildman–Crippen MR) is 83.1 cm³/mol. The van der Waals surface area contributed by atoms with Crippen molar-refractivity contribution in [3.63, 3.8) is 0 Å². The van der Waals surface area contributed by atoms with E-state index in [0.717, 1.165) is 32.2 Å². The molecule has 20 heavy (non-hydrogen) atoms. The Morgan fingerprint density at radius 1 is 1.25 bits per heavy atom. The van der Waals surface area contributed by atoms with Crippen LogP contribution in [0.25, 0.3) is 17.0 Å². The Morgan fingerprint density at radius 2 is 2.10 bits per heavy atom. The van der Waals surface area contributed by atoms with Crippen LogP contribution in [0.1, 0.15) is 24.5 Å². The fraction of sp³-hybridized carbons (Fsp3) is 0.200. The molecule has 1 fully saturated rings. The Kier molecular flexibility index (Phi) is 2.82. The molecule has 0 aliphatic heterocycles. The number of hydrogen-bond donors (Lipinski definition) is 0. The average Bonchev–Trinajstić information content (AvgIpc) is 3.19. The van der Waals surface area contributed by atoms with Gasteiger partial charge in [0.1, 0.15) is 0 Å². The van der Waals surface area contributed by atoms with Crippen LogP contribution in [0.15, 0.2) is 41.1 Å². The first kappa shape index (κ1) is 12.4. The zero-order chi connectivity index (χ0) is 13.7. The highest BCUT2D eigenvalue weighted by molar-refractivity contribution is 9.10. The summed E-state index contributed by atoms with van der Waals surface area (Å²) in [6.07, 6.45) is 6.13. The molecule has 2 aromatic heterocycles. The minimum Gasteiger partial charge on any atom is -0.284 e. The Bertz CT molecular complexity index is 808. The molecule has 1 aliphatic carbocycles. The van der Waals surface area contributed by atoms with Crippen molar-refractivity contribution in [1.82, 2.24) is 14.4 Å². The maximum atomic E-state index is 6.37. The number of fused-ring (bicyclic) bond motifs is 1. The first-order valence-corrected chi connectivity index (χ1v) is 7.69. The Hall–Kier alpha value is -1.39. The molecule has 0 spiro atoms. The summed E-state index contributed by atoms with van der Waals surface area (Å²) in [6, 6.07) is 8.02. The van der Waals surface area contributed by atoms with E-state index in [4.69, 9.17) is 11.6 Å². The van der Waals surface area contributed by atoms with Crippen LogP contribution in [0.3, 0.4) is 0 Å². The highest BCUT2D eigenvalue weighted by Crippen LogP contribution is 2.41. The molecular formula is C15H11BrClN3. The summed E-state index contributed by atoms with van der Waals surface area (Å²) in [5.74, 6) is 1.32. The van der Waals surface area contributed by atoms with Crippen molar-refractivity contribution in [2.75, 3.05) is 0 Å². The minimum absolute atomic E-state index is 0.585. The molecule has 0 amide bonds. The zero-order valence-corrected chi connectivity index (χ0v) is 12.9. The number of aromatic nitrogens is 3. The van der Waals surface area contributed by atoms with Gasteiger partial charge in [0.05, 0.1) is 5.69 Å². The summed E-state index contributed by atoms with van der Waals surface area (Å²) in [5.41, 5.74) is 3.16. The lowest BCUT2D eigenvalue weighted by atomic mass is 10.1. The van der Waals surface area contributed by atoms with Gasteiger partial charge in [0.15, 0.2) is 0 Å². The second-order valence-corrected chi connectivity index (χ2v) is 6.38. The van der Waals surface area contributed by atoms with Gasteiger partial charge >= 0.3 is 0 Å². The van der Waals surface area contributed by atoms with E-state index >= 15 is 0 Å². The molecule has 0 bridgehead atoms. The number of imidazole rings is 1. The highest BCUT2D eigenvalue weighted by atomic mass is 79.9. The van der Waals surface area contributed by atoms with Gasteiger partial charge in [0.25, 0.3) is 0 Å². The first-order valence-electron chi connectivity index (χ1n) is 6.52. The number of rotatable bonds is 2. The average molecular weight is 349 g/mol. The second-order valence-electron chi connectivity index (χ2n) is 5.06. The van der Waals surface area contributed by atoms with E-state index in [0.29, 0.717) is 5.92 Å². The van der Waals surface area contributed by atoms with Crippen LogP contribution in [0.4, 0.5) is 0 Å². The van der Waals surface area contributed by atoms with Gasteiger partial charge in [-0.25, -0.2) is 9.97 Å². The maximum absolute atomic E-state index is 6.37. The van der Waals surface area contributed by atoms with E-state index in [1.807, 2.05) is 28.8 Å². The van der Waals surface area contributed by atoms with Gasteiger partial charge in [-0.15, -0.1) is 0 Å². The summed E-state index contributed by atoms with van der Waals surface area (Å²) >= 11 is 9.88. The normalized spacial score (nSPS) is 14.9. The van der Waals surface area contributed by atoms with Crippen LogP contribution < -0.4 is 0 Å². The smallest absolute Gasteiger partial charge is 0.234 e. The van der Waals surface area contributed by atoms with Crippen molar-refractivity contribution >= 4 is 33.3 Å². The van der Waals surface area contributed by atoms with Crippen LogP contribution in [-0.4, -0.2) is 14.4 Å². The molecule has 0 N–H and O–H groups in total. The highest BCUT2D eigenvalue weighted by Gasteiger charge is 2.26. The third kappa shape index (κ3) is 2.03. The maximum Gasteiger partial charge on any atom is 0.234 e. The van der Waals surface area contributed by atoms with Crippen LogP contribution >= 0.6 is 27.5 Å². The minimum atomic E-state index is 0.585. The van der Waals surface area contributed by atoms with Gasteiger partial charge in [-0.3, -0.25) is 4.40 Å². The van der Waals surface area contributed by atoms with Gasteiger partial charge in [-0.1, -0.05) is 27.5 Å². The third-order valence-corrected chi connectivity index (χ3v) is 4.42. The quantitative estimate of drug-likeness (QED) is 0.672. The van der Waals surface area contributed by atoms with Gasteiger partial charge in [0.2, 0.25) is 5.78 Å². The SMILES string of the molecule is Clc1ccc(Br)cc1-c1cc(C2CC2)nc2nccn12. The summed E-state index contributed by atoms with van der Waals surface area (Å²) in [7, 11) is 0. The molecule has 0 radical (unpaired) electrons. The lowest BCUT2D eigenvalue weighted by Gasteiger charge is -2.10. The molecule has 0 unspecified atom stereocenters. The summed E-state index contributed by atoms with van der Waals surface area (Å²) < 4.78 is 2.99. The fourth-order valence-electron chi connectivity index (χ4n) is 2.41. The lowest BCUT2D eigenvalue weighted by molar-refractivity contribution is 0.987. The van der Waals surface area contributed by atoms with Crippen molar-refractivity contribution in [3.05, 3.63) is 51.8 Å². The summed E-state index contributed by atoms with van der Waals surface area (Å²) in [4.78, 5) is 8.96. The van der Waals surface area contributed by atoms with Crippen molar-refractivity contribution in [2.45, 2.75) is 18.8 Å². The monoisotopic (exact) mass is 347 g/mol.